The molecule has 0 aliphatic carbocycles. The van der Waals surface area contributed by atoms with Gasteiger partial charge in [0.1, 0.15) is 12.6 Å². The van der Waals surface area contributed by atoms with E-state index in [1.165, 1.54) is 0 Å². The minimum Gasteiger partial charge on any atom is -0.325 e. The number of hydrogen-bond donors (Lipinski definition) is 2. The maximum absolute atomic E-state index is 12.9. The monoisotopic (exact) mass is 445 g/mol. The third-order valence-electron chi connectivity index (χ3n) is 4.33. The summed E-state index contributed by atoms with van der Waals surface area (Å²) in [5.41, 5.74) is -3.57. The van der Waals surface area contributed by atoms with Crippen molar-refractivity contribution >= 4 is 23.5 Å². The van der Waals surface area contributed by atoms with Crippen molar-refractivity contribution in [2.45, 2.75) is 18.4 Å². The summed E-state index contributed by atoms with van der Waals surface area (Å²) in [6.45, 7) is -0.897. The summed E-state index contributed by atoms with van der Waals surface area (Å²) < 4.78 is 77.5. The van der Waals surface area contributed by atoms with E-state index in [9.17, 15) is 40.7 Å². The molecule has 0 radical (unpaired) electrons. The number of imide groups is 1. The highest BCUT2D eigenvalue weighted by molar-refractivity contribution is 6.08. The first-order chi connectivity index (χ1) is 14.4. The molecule has 164 valence electrons. The van der Waals surface area contributed by atoms with Gasteiger partial charge in [0.15, 0.2) is 0 Å². The zero-order valence-corrected chi connectivity index (χ0v) is 15.3. The molecule has 2 N–H and O–H groups in total. The number of nitrogens with one attached hydrogen (secondary N) is 2. The van der Waals surface area contributed by atoms with Gasteiger partial charge < -0.3 is 10.6 Å². The second-order valence-corrected chi connectivity index (χ2v) is 6.56. The first kappa shape index (κ1) is 22.1. The lowest BCUT2D eigenvalue weighted by Crippen LogP contribution is -2.38. The van der Waals surface area contributed by atoms with Gasteiger partial charge in [-0.2, -0.15) is 26.3 Å². The third kappa shape index (κ3) is 4.95. The highest BCUT2D eigenvalue weighted by atomic mass is 19.4. The van der Waals surface area contributed by atoms with Crippen molar-refractivity contribution in [3.63, 3.8) is 0 Å². The minimum absolute atomic E-state index is 0.0858. The van der Waals surface area contributed by atoms with E-state index in [4.69, 9.17) is 0 Å². The molecule has 31 heavy (non-hydrogen) atoms. The van der Waals surface area contributed by atoms with E-state index < -0.39 is 59.6 Å². The van der Waals surface area contributed by atoms with Gasteiger partial charge in [0.25, 0.3) is 5.91 Å². The number of halogens is 6. The van der Waals surface area contributed by atoms with Crippen LogP contribution in [0.25, 0.3) is 0 Å². The maximum Gasteiger partial charge on any atom is 0.416 e. The largest absolute Gasteiger partial charge is 0.416 e. The van der Waals surface area contributed by atoms with Gasteiger partial charge >= 0.3 is 18.4 Å². The van der Waals surface area contributed by atoms with Crippen LogP contribution < -0.4 is 10.6 Å². The van der Waals surface area contributed by atoms with Crippen LogP contribution in [0.15, 0.2) is 48.5 Å². The number of anilines is 1. The topological polar surface area (TPSA) is 78.5 Å². The van der Waals surface area contributed by atoms with E-state index in [2.05, 4.69) is 5.32 Å². The van der Waals surface area contributed by atoms with Crippen LogP contribution in [0.4, 0.5) is 36.8 Å². The molecule has 2 aromatic rings. The van der Waals surface area contributed by atoms with E-state index in [1.54, 1.807) is 30.3 Å². The fourth-order valence-corrected chi connectivity index (χ4v) is 2.91. The summed E-state index contributed by atoms with van der Waals surface area (Å²) in [5.74, 6) is -1.93. The van der Waals surface area contributed by atoms with Crippen molar-refractivity contribution in [3.8, 4) is 0 Å². The van der Waals surface area contributed by atoms with Crippen LogP contribution in [0.5, 0.6) is 0 Å². The molecule has 1 aliphatic rings. The number of urea groups is 1. The van der Waals surface area contributed by atoms with Crippen molar-refractivity contribution in [1.29, 1.82) is 0 Å². The van der Waals surface area contributed by atoms with Crippen molar-refractivity contribution in [3.05, 3.63) is 65.2 Å². The Morgan fingerprint density at radius 2 is 1.48 bits per heavy atom. The van der Waals surface area contributed by atoms with Crippen molar-refractivity contribution in [2.24, 2.45) is 0 Å². The third-order valence-corrected chi connectivity index (χ3v) is 4.33. The standard InChI is InChI=1S/C19H13F6N3O3/c20-18(21,22)11-6-12(19(23,24)25)8-13(7-11)26-14(29)9-28-16(30)15(27-17(28)31)10-4-2-1-3-5-10/h1-8,15H,9H2,(H,26,29)(H,27,31)/t15-/m0/s1. The van der Waals surface area contributed by atoms with Crippen LogP contribution in [0, 0.1) is 0 Å². The summed E-state index contributed by atoms with van der Waals surface area (Å²) in [6, 6.07) is 6.63. The van der Waals surface area contributed by atoms with E-state index in [1.807, 2.05) is 5.32 Å². The van der Waals surface area contributed by atoms with Gasteiger partial charge in [-0.25, -0.2) is 4.79 Å². The molecule has 12 heteroatoms. The van der Waals surface area contributed by atoms with Gasteiger partial charge in [-0.15, -0.1) is 0 Å². The lowest BCUT2D eigenvalue weighted by molar-refractivity contribution is -0.143. The first-order valence-electron chi connectivity index (χ1n) is 8.62. The number of alkyl halides is 6. The number of benzene rings is 2. The Morgan fingerprint density at radius 3 is 2.00 bits per heavy atom. The van der Waals surface area contributed by atoms with Crippen LogP contribution in [0.1, 0.15) is 22.7 Å². The Labute approximate surface area is 170 Å². The molecule has 1 heterocycles. The summed E-state index contributed by atoms with van der Waals surface area (Å²) >= 11 is 0. The predicted molar refractivity (Wildman–Crippen MR) is 94.5 cm³/mol. The summed E-state index contributed by atoms with van der Waals surface area (Å²) in [6.07, 6.45) is -10.2. The van der Waals surface area contributed by atoms with Gasteiger partial charge in [-0.1, -0.05) is 30.3 Å². The van der Waals surface area contributed by atoms with Gasteiger partial charge in [-0.05, 0) is 23.8 Å². The van der Waals surface area contributed by atoms with Gasteiger partial charge in [0, 0.05) is 5.69 Å². The zero-order valence-electron chi connectivity index (χ0n) is 15.3. The molecule has 0 bridgehead atoms. The fourth-order valence-electron chi connectivity index (χ4n) is 2.91. The number of hydrogen-bond acceptors (Lipinski definition) is 3. The lowest BCUT2D eigenvalue weighted by Gasteiger charge is -2.16. The molecule has 0 spiro atoms. The van der Waals surface area contributed by atoms with E-state index in [0.717, 1.165) is 0 Å². The van der Waals surface area contributed by atoms with Gasteiger partial charge in [0.05, 0.1) is 11.1 Å². The first-order valence-corrected chi connectivity index (χ1v) is 8.62. The average molecular weight is 445 g/mol. The number of rotatable bonds is 4. The molecule has 1 atom stereocenters. The Hall–Kier alpha value is -3.57. The molecule has 4 amide bonds. The van der Waals surface area contributed by atoms with Crippen LogP contribution in [-0.2, 0) is 21.9 Å². The predicted octanol–water partition coefficient (Wildman–Crippen LogP) is 3.96. The molecule has 0 unspecified atom stereocenters. The Morgan fingerprint density at radius 1 is 0.935 bits per heavy atom. The molecule has 1 aliphatic heterocycles. The maximum atomic E-state index is 12.9. The van der Waals surface area contributed by atoms with Gasteiger partial charge in [-0.3, -0.25) is 14.5 Å². The number of carbonyl (C=O) groups excluding carboxylic acids is 3. The number of carbonyl (C=O) groups is 3. The van der Waals surface area contributed by atoms with E-state index in [-0.39, 0.29) is 6.07 Å². The second kappa shape index (κ2) is 7.93. The molecule has 1 fully saturated rings. The fraction of sp³-hybridized carbons (Fsp3) is 0.211. The molecule has 1 saturated heterocycles. The van der Waals surface area contributed by atoms with Crippen molar-refractivity contribution in [1.82, 2.24) is 10.2 Å². The highest BCUT2D eigenvalue weighted by Gasteiger charge is 2.40. The average Bonchev–Trinajstić information content (AvgIpc) is 2.95. The van der Waals surface area contributed by atoms with Crippen LogP contribution in [-0.4, -0.2) is 29.3 Å². The van der Waals surface area contributed by atoms with Gasteiger partial charge in [0.2, 0.25) is 5.91 Å². The molecule has 6 nitrogen and oxygen atoms in total. The molecular formula is C19H13F6N3O3. The van der Waals surface area contributed by atoms with Crippen LogP contribution in [0.2, 0.25) is 0 Å². The molecule has 3 rings (SSSR count). The molecule has 0 saturated carbocycles. The minimum atomic E-state index is -5.09. The normalized spacial score (nSPS) is 17.0. The smallest absolute Gasteiger partial charge is 0.325 e. The van der Waals surface area contributed by atoms with E-state index >= 15 is 0 Å². The van der Waals surface area contributed by atoms with Crippen molar-refractivity contribution in [2.75, 3.05) is 11.9 Å². The van der Waals surface area contributed by atoms with E-state index in [0.29, 0.717) is 22.6 Å². The van der Waals surface area contributed by atoms with Crippen molar-refractivity contribution < 1.29 is 40.7 Å². The summed E-state index contributed by atoms with van der Waals surface area (Å²) in [7, 11) is 0. The zero-order chi connectivity index (χ0) is 23.0. The van der Waals surface area contributed by atoms with Crippen LogP contribution in [0.3, 0.4) is 0 Å². The second-order valence-electron chi connectivity index (χ2n) is 6.56. The summed E-state index contributed by atoms with van der Waals surface area (Å²) in [4.78, 5) is 37.2. The highest BCUT2D eigenvalue weighted by Crippen LogP contribution is 2.37. The van der Waals surface area contributed by atoms with Crippen LogP contribution >= 0.6 is 0 Å². The number of amides is 4. The molecule has 0 aromatic heterocycles. The quantitative estimate of drug-likeness (QED) is 0.553. The lowest BCUT2D eigenvalue weighted by atomic mass is 10.1. The number of nitrogens with zero attached hydrogens (tertiary/aromatic N) is 1. The summed E-state index contributed by atoms with van der Waals surface area (Å²) in [5, 5.41) is 4.23. The SMILES string of the molecule is O=C(CN1C(=O)N[C@@H](c2ccccc2)C1=O)Nc1cc(C(F)(F)F)cc(C(F)(F)F)c1. The Bertz CT molecular complexity index is 989. The Kier molecular flexibility index (Phi) is 5.66. The molecular weight excluding hydrogens is 432 g/mol. The Balaban J connectivity index is 1.78. The molecule has 2 aromatic carbocycles.